The Morgan fingerprint density at radius 1 is 1.42 bits per heavy atom. The van der Waals surface area contributed by atoms with Gasteiger partial charge in [-0.05, 0) is 38.0 Å². The van der Waals surface area contributed by atoms with Crippen molar-refractivity contribution >= 4 is 17.1 Å². The zero-order chi connectivity index (χ0) is 17.7. The van der Waals surface area contributed by atoms with E-state index < -0.39 is 17.4 Å². The van der Waals surface area contributed by atoms with Crippen molar-refractivity contribution in [2.24, 2.45) is 5.41 Å². The predicted octanol–water partition coefficient (Wildman–Crippen LogP) is 4.08. The molecule has 1 aliphatic carbocycles. The minimum Gasteiger partial charge on any atom is -0.507 e. The Morgan fingerprint density at radius 3 is 2.75 bits per heavy atom. The molecule has 0 radical (unpaired) electrons. The van der Waals surface area contributed by atoms with Crippen molar-refractivity contribution in [3.63, 3.8) is 0 Å². The number of phenols is 1. The van der Waals surface area contributed by atoms with Crippen LogP contribution < -0.4 is 0 Å². The summed E-state index contributed by atoms with van der Waals surface area (Å²) in [6, 6.07) is 6.04. The third kappa shape index (κ3) is 2.36. The molecule has 1 N–H and O–H groups in total. The fourth-order valence-electron chi connectivity index (χ4n) is 2.58. The van der Waals surface area contributed by atoms with Gasteiger partial charge in [0.25, 0.3) is 0 Å². The molecule has 0 saturated carbocycles. The summed E-state index contributed by atoms with van der Waals surface area (Å²) in [5, 5.41) is 18.8. The number of aryl methyl sites for hydroxylation is 1. The summed E-state index contributed by atoms with van der Waals surface area (Å²) < 4.78 is 39.7. The van der Waals surface area contributed by atoms with Gasteiger partial charge in [0.2, 0.25) is 0 Å². The van der Waals surface area contributed by atoms with E-state index in [4.69, 9.17) is 5.26 Å². The molecule has 0 unspecified atom stereocenters. The van der Waals surface area contributed by atoms with Crippen LogP contribution in [0.25, 0.3) is 10.6 Å². The number of Topliss-reactive ketones (excluding diaryl/α,β-unsaturated/α-hetero) is 1. The fourth-order valence-corrected chi connectivity index (χ4v) is 3.76. The summed E-state index contributed by atoms with van der Waals surface area (Å²) in [6.45, 7) is 0.923. The molecule has 0 aliphatic heterocycles. The molecule has 0 saturated heterocycles. The average Bonchev–Trinajstić information content (AvgIpc) is 2.95. The summed E-state index contributed by atoms with van der Waals surface area (Å²) >= 11 is 0.888. The topological polar surface area (TPSA) is 74.0 Å². The number of alkyl halides is 3. The van der Waals surface area contributed by atoms with Crippen molar-refractivity contribution in [2.75, 3.05) is 0 Å². The summed E-state index contributed by atoms with van der Waals surface area (Å²) in [6.07, 6.45) is -4.88. The molecule has 2 aromatic rings. The molecule has 1 atom stereocenters. The molecule has 0 bridgehead atoms. The summed E-state index contributed by atoms with van der Waals surface area (Å²) in [7, 11) is 0. The van der Waals surface area contributed by atoms with Gasteiger partial charge in [0.1, 0.15) is 22.2 Å². The maximum absolute atomic E-state index is 13.2. The highest BCUT2D eigenvalue weighted by atomic mass is 32.1. The quantitative estimate of drug-likeness (QED) is 0.839. The molecule has 3 rings (SSSR count). The smallest absolute Gasteiger partial charge is 0.401 e. The van der Waals surface area contributed by atoms with E-state index in [-0.39, 0.29) is 29.0 Å². The Labute approximate surface area is 139 Å². The van der Waals surface area contributed by atoms with Crippen LogP contribution in [-0.4, -0.2) is 22.1 Å². The van der Waals surface area contributed by atoms with Crippen molar-refractivity contribution in [2.45, 2.75) is 25.9 Å². The lowest BCUT2D eigenvalue weighted by atomic mass is 9.75. The van der Waals surface area contributed by atoms with Gasteiger partial charge >= 0.3 is 6.18 Å². The molecule has 8 heteroatoms. The first-order chi connectivity index (χ1) is 11.2. The first-order valence-corrected chi connectivity index (χ1v) is 7.84. The number of nitrogens with zero attached hydrogens (tertiary/aromatic N) is 2. The number of carbonyl (C=O) groups is 1. The number of benzene rings is 1. The second-order valence-electron chi connectivity index (χ2n) is 5.80. The van der Waals surface area contributed by atoms with E-state index in [1.807, 2.05) is 6.07 Å². The van der Waals surface area contributed by atoms with E-state index in [1.165, 1.54) is 18.2 Å². The Hall–Kier alpha value is -2.40. The zero-order valence-electron chi connectivity index (χ0n) is 12.4. The molecule has 1 aromatic heterocycles. The molecular formula is C16H11F3N2O2S. The van der Waals surface area contributed by atoms with E-state index in [1.54, 1.807) is 0 Å². The van der Waals surface area contributed by atoms with Crippen molar-refractivity contribution in [3.8, 4) is 22.4 Å². The van der Waals surface area contributed by atoms with Crippen molar-refractivity contribution < 1.29 is 23.1 Å². The number of nitriles is 1. The van der Waals surface area contributed by atoms with Crippen LogP contribution in [0.15, 0.2) is 18.2 Å². The Kier molecular flexibility index (Phi) is 3.64. The lowest BCUT2D eigenvalue weighted by molar-refractivity contribution is -0.200. The molecule has 124 valence electrons. The van der Waals surface area contributed by atoms with E-state index in [0.717, 1.165) is 18.3 Å². The molecule has 1 heterocycles. The number of thiazole rings is 1. The van der Waals surface area contributed by atoms with Gasteiger partial charge < -0.3 is 5.11 Å². The first-order valence-electron chi connectivity index (χ1n) is 7.02. The molecule has 1 aliphatic rings. The van der Waals surface area contributed by atoms with Crippen LogP contribution in [-0.2, 0) is 6.42 Å². The lowest BCUT2D eigenvalue weighted by Crippen LogP contribution is -2.45. The number of hydrogen-bond donors (Lipinski definition) is 1. The van der Waals surface area contributed by atoms with Crippen LogP contribution in [0.3, 0.4) is 0 Å². The Morgan fingerprint density at radius 2 is 2.12 bits per heavy atom. The molecule has 1 aromatic carbocycles. The summed E-state index contributed by atoms with van der Waals surface area (Å²) in [5.74, 6) is -1.15. The number of carbonyl (C=O) groups excluding carboxylic acids is 1. The van der Waals surface area contributed by atoms with Gasteiger partial charge in [-0.25, -0.2) is 4.98 Å². The molecular weight excluding hydrogens is 341 g/mol. The minimum atomic E-state index is -4.61. The first kappa shape index (κ1) is 16.5. The van der Waals surface area contributed by atoms with E-state index >= 15 is 0 Å². The van der Waals surface area contributed by atoms with Crippen LogP contribution in [0.5, 0.6) is 5.75 Å². The van der Waals surface area contributed by atoms with Gasteiger partial charge in [-0.1, -0.05) is 0 Å². The predicted molar refractivity (Wildman–Crippen MR) is 80.7 cm³/mol. The van der Waals surface area contributed by atoms with Crippen LogP contribution in [0.4, 0.5) is 13.2 Å². The largest absolute Gasteiger partial charge is 0.507 e. The van der Waals surface area contributed by atoms with Gasteiger partial charge in [0.15, 0.2) is 5.78 Å². The molecule has 0 amide bonds. The van der Waals surface area contributed by atoms with Crippen LogP contribution in [0.2, 0.25) is 0 Å². The van der Waals surface area contributed by atoms with Gasteiger partial charge in [0, 0.05) is 5.56 Å². The molecule has 4 nitrogen and oxygen atoms in total. The van der Waals surface area contributed by atoms with Crippen molar-refractivity contribution in [1.82, 2.24) is 4.98 Å². The van der Waals surface area contributed by atoms with Crippen LogP contribution in [0.1, 0.15) is 34.3 Å². The van der Waals surface area contributed by atoms with Gasteiger partial charge in [0.05, 0.1) is 16.1 Å². The van der Waals surface area contributed by atoms with E-state index in [9.17, 15) is 23.1 Å². The normalized spacial score (nSPS) is 20.5. The number of ketones is 1. The maximum Gasteiger partial charge on any atom is 0.401 e. The highest BCUT2D eigenvalue weighted by Crippen LogP contribution is 2.49. The Bertz CT molecular complexity index is 882. The average molecular weight is 352 g/mol. The van der Waals surface area contributed by atoms with E-state index in [2.05, 4.69) is 4.98 Å². The lowest BCUT2D eigenvalue weighted by Gasteiger charge is -2.32. The summed E-state index contributed by atoms with van der Waals surface area (Å²) in [5.41, 5.74) is -1.53. The van der Waals surface area contributed by atoms with Gasteiger partial charge in [-0.2, -0.15) is 18.4 Å². The number of aromatic nitrogens is 1. The Balaban J connectivity index is 2.06. The number of rotatable bonds is 1. The molecule has 0 fully saturated rings. The van der Waals surface area contributed by atoms with Crippen molar-refractivity contribution in [1.29, 1.82) is 5.26 Å². The number of fused-ring (bicyclic) bond motifs is 1. The maximum atomic E-state index is 13.2. The number of aromatic hydroxyl groups is 1. The zero-order valence-corrected chi connectivity index (χ0v) is 13.3. The fraction of sp³-hybridized carbons (Fsp3) is 0.312. The monoisotopic (exact) mass is 352 g/mol. The standard InChI is InChI=1S/C16H11F3N2O2S/c1-15(16(17,18)19)5-4-10-12(13(15)23)24-14(21-10)8-2-3-11(22)9(6-8)7-20/h2-3,6,22H,4-5H2,1H3/t15-/m0/s1. The third-order valence-corrected chi connectivity index (χ3v) is 5.40. The summed E-state index contributed by atoms with van der Waals surface area (Å²) in [4.78, 5) is 16.6. The van der Waals surface area contributed by atoms with E-state index in [0.29, 0.717) is 16.3 Å². The molecule has 24 heavy (non-hydrogen) atoms. The number of hydrogen-bond acceptors (Lipinski definition) is 5. The SMILES string of the molecule is C[C@]1(C(F)(F)F)CCc2nc(-c3ccc(O)c(C#N)c3)sc2C1=O. The number of halogens is 3. The highest BCUT2D eigenvalue weighted by Gasteiger charge is 2.58. The van der Waals surface area contributed by atoms with Gasteiger partial charge in [-0.15, -0.1) is 11.3 Å². The second kappa shape index (κ2) is 5.31. The van der Waals surface area contributed by atoms with Crippen molar-refractivity contribution in [3.05, 3.63) is 34.3 Å². The second-order valence-corrected chi connectivity index (χ2v) is 6.80. The number of phenolic OH excluding ortho intramolecular Hbond substituents is 1. The minimum absolute atomic E-state index is 0.0163. The third-order valence-electron chi connectivity index (χ3n) is 4.26. The molecule has 0 spiro atoms. The van der Waals surface area contributed by atoms with Crippen LogP contribution >= 0.6 is 11.3 Å². The van der Waals surface area contributed by atoms with Gasteiger partial charge in [-0.3, -0.25) is 4.79 Å². The highest BCUT2D eigenvalue weighted by molar-refractivity contribution is 7.17. The van der Waals surface area contributed by atoms with Crippen LogP contribution in [0, 0.1) is 16.7 Å².